The topological polar surface area (TPSA) is 23.5 Å². The Morgan fingerprint density at radius 1 is 1.25 bits per heavy atom. The molecule has 20 heavy (non-hydrogen) atoms. The molecule has 0 spiro atoms. The van der Waals surface area contributed by atoms with Gasteiger partial charge < -0.3 is 10.0 Å². The van der Waals surface area contributed by atoms with Gasteiger partial charge in [-0.2, -0.15) is 0 Å². The maximum absolute atomic E-state index is 13.2. The quantitative estimate of drug-likeness (QED) is 0.900. The van der Waals surface area contributed by atoms with Gasteiger partial charge in [-0.1, -0.05) is 18.2 Å². The third-order valence-corrected chi connectivity index (χ3v) is 3.81. The summed E-state index contributed by atoms with van der Waals surface area (Å²) in [5, 5.41) is 9.57. The normalized spacial score (nSPS) is 12.2. The van der Waals surface area contributed by atoms with Crippen molar-refractivity contribution in [2.24, 2.45) is 0 Å². The number of aliphatic hydroxyl groups excluding tert-OH is 1. The number of hydrogen-bond donors (Lipinski definition) is 1. The molecule has 1 atom stereocenters. The Kier molecular flexibility index (Phi) is 4.78. The van der Waals surface area contributed by atoms with E-state index in [1.54, 1.807) is 13.0 Å². The Hall–Kier alpha value is -1.39. The van der Waals surface area contributed by atoms with Crippen LogP contribution < -0.4 is 4.90 Å². The minimum Gasteiger partial charge on any atom is -0.389 e. The zero-order chi connectivity index (χ0) is 14.7. The largest absolute Gasteiger partial charge is 0.389 e. The molecule has 2 aromatic carbocycles. The van der Waals surface area contributed by atoms with Gasteiger partial charge in [0.15, 0.2) is 0 Å². The first-order valence-electron chi connectivity index (χ1n) is 6.40. The lowest BCUT2D eigenvalue weighted by molar-refractivity contribution is 0.199. The lowest BCUT2D eigenvalue weighted by Gasteiger charge is -2.22. The fourth-order valence-electron chi connectivity index (χ4n) is 2.09. The molecule has 0 unspecified atom stereocenters. The summed E-state index contributed by atoms with van der Waals surface area (Å²) < 4.78 is 14.1. The van der Waals surface area contributed by atoms with Crippen molar-refractivity contribution < 1.29 is 9.50 Å². The van der Waals surface area contributed by atoms with Gasteiger partial charge in [0.2, 0.25) is 0 Å². The van der Waals surface area contributed by atoms with Crippen molar-refractivity contribution in [2.75, 3.05) is 11.9 Å². The van der Waals surface area contributed by atoms with E-state index >= 15 is 0 Å². The minimum atomic E-state index is -0.492. The van der Waals surface area contributed by atoms with E-state index in [1.807, 2.05) is 36.2 Å². The van der Waals surface area contributed by atoms with Crippen molar-refractivity contribution in [3.63, 3.8) is 0 Å². The van der Waals surface area contributed by atoms with E-state index in [9.17, 15) is 9.50 Å². The van der Waals surface area contributed by atoms with Gasteiger partial charge in [-0.25, -0.2) is 4.39 Å². The molecule has 0 aliphatic carbocycles. The molecule has 0 bridgehead atoms. The average Bonchev–Trinajstić information content (AvgIpc) is 2.38. The van der Waals surface area contributed by atoms with Crippen molar-refractivity contribution >= 4 is 21.6 Å². The van der Waals surface area contributed by atoms with Crippen LogP contribution in [0.25, 0.3) is 0 Å². The minimum absolute atomic E-state index is 0.223. The second-order valence-corrected chi connectivity index (χ2v) is 5.73. The van der Waals surface area contributed by atoms with Gasteiger partial charge in [-0.3, -0.25) is 0 Å². The highest BCUT2D eigenvalue weighted by Gasteiger charge is 2.09. The van der Waals surface area contributed by atoms with E-state index in [0.29, 0.717) is 6.54 Å². The SMILES string of the molecule is C[C@H](O)c1ccc(N(C)Cc2cccc(F)c2)c(Br)c1. The molecule has 2 nitrogen and oxygen atoms in total. The van der Waals surface area contributed by atoms with Gasteiger partial charge in [-0.05, 0) is 58.2 Å². The predicted octanol–water partition coefficient (Wildman–Crippen LogP) is 4.28. The van der Waals surface area contributed by atoms with Crippen LogP contribution in [0, 0.1) is 5.82 Å². The third kappa shape index (κ3) is 3.58. The Morgan fingerprint density at radius 2 is 2.00 bits per heavy atom. The van der Waals surface area contributed by atoms with Crippen molar-refractivity contribution in [1.29, 1.82) is 0 Å². The lowest BCUT2D eigenvalue weighted by atomic mass is 10.1. The van der Waals surface area contributed by atoms with Crippen LogP contribution >= 0.6 is 15.9 Å². The van der Waals surface area contributed by atoms with Crippen LogP contribution in [0.1, 0.15) is 24.2 Å². The summed E-state index contributed by atoms with van der Waals surface area (Å²) in [6.45, 7) is 2.35. The summed E-state index contributed by atoms with van der Waals surface area (Å²) in [6, 6.07) is 12.3. The van der Waals surface area contributed by atoms with Crippen LogP contribution in [0.3, 0.4) is 0 Å². The van der Waals surface area contributed by atoms with Crippen molar-refractivity contribution in [1.82, 2.24) is 0 Å². The molecular formula is C16H17BrFNO. The molecule has 106 valence electrons. The van der Waals surface area contributed by atoms with Gasteiger partial charge in [-0.15, -0.1) is 0 Å². The van der Waals surface area contributed by atoms with Crippen LogP contribution in [0.4, 0.5) is 10.1 Å². The summed E-state index contributed by atoms with van der Waals surface area (Å²) in [7, 11) is 1.95. The van der Waals surface area contributed by atoms with E-state index in [1.165, 1.54) is 12.1 Å². The zero-order valence-corrected chi connectivity index (χ0v) is 13.1. The molecule has 0 aromatic heterocycles. The lowest BCUT2D eigenvalue weighted by Crippen LogP contribution is -2.17. The van der Waals surface area contributed by atoms with Crippen LogP contribution in [0.5, 0.6) is 0 Å². The number of benzene rings is 2. The first-order valence-corrected chi connectivity index (χ1v) is 7.20. The van der Waals surface area contributed by atoms with E-state index in [-0.39, 0.29) is 5.82 Å². The van der Waals surface area contributed by atoms with Gasteiger partial charge in [0.25, 0.3) is 0 Å². The molecule has 0 saturated heterocycles. The second-order valence-electron chi connectivity index (χ2n) is 4.87. The summed E-state index contributed by atoms with van der Waals surface area (Å²) in [5.74, 6) is -0.223. The third-order valence-electron chi connectivity index (χ3n) is 3.17. The number of anilines is 1. The molecule has 0 heterocycles. The smallest absolute Gasteiger partial charge is 0.123 e. The molecule has 2 rings (SSSR count). The van der Waals surface area contributed by atoms with Crippen LogP contribution in [0.15, 0.2) is 46.9 Å². The highest BCUT2D eigenvalue weighted by molar-refractivity contribution is 9.10. The van der Waals surface area contributed by atoms with Gasteiger partial charge in [0, 0.05) is 18.1 Å². The Morgan fingerprint density at radius 3 is 2.60 bits per heavy atom. The Labute approximate surface area is 127 Å². The number of nitrogens with zero attached hydrogens (tertiary/aromatic N) is 1. The van der Waals surface area contributed by atoms with Crippen LogP contribution in [0.2, 0.25) is 0 Å². The molecule has 0 amide bonds. The maximum Gasteiger partial charge on any atom is 0.123 e. The van der Waals surface area contributed by atoms with Gasteiger partial charge in [0.1, 0.15) is 5.82 Å². The molecule has 0 aliphatic rings. The highest BCUT2D eigenvalue weighted by Crippen LogP contribution is 2.29. The fourth-order valence-corrected chi connectivity index (χ4v) is 2.79. The van der Waals surface area contributed by atoms with Crippen molar-refractivity contribution in [3.8, 4) is 0 Å². The van der Waals surface area contributed by atoms with Crippen LogP contribution in [-0.4, -0.2) is 12.2 Å². The van der Waals surface area contributed by atoms with E-state index in [0.717, 1.165) is 21.3 Å². The highest BCUT2D eigenvalue weighted by atomic mass is 79.9. The second kappa shape index (κ2) is 6.37. The number of hydrogen-bond acceptors (Lipinski definition) is 2. The number of halogens is 2. The van der Waals surface area contributed by atoms with E-state index in [4.69, 9.17) is 0 Å². The Balaban J connectivity index is 2.19. The molecule has 0 fully saturated rings. The monoisotopic (exact) mass is 337 g/mol. The predicted molar refractivity (Wildman–Crippen MR) is 83.3 cm³/mol. The number of rotatable bonds is 4. The van der Waals surface area contributed by atoms with Gasteiger partial charge in [0.05, 0.1) is 11.8 Å². The molecule has 1 N–H and O–H groups in total. The first kappa shape index (κ1) is 15.0. The fraction of sp³-hybridized carbons (Fsp3) is 0.250. The molecule has 2 aromatic rings. The number of aliphatic hydroxyl groups is 1. The van der Waals surface area contributed by atoms with Crippen molar-refractivity contribution in [2.45, 2.75) is 19.6 Å². The summed E-state index contributed by atoms with van der Waals surface area (Å²) >= 11 is 3.52. The average molecular weight is 338 g/mol. The van der Waals surface area contributed by atoms with Crippen molar-refractivity contribution in [3.05, 3.63) is 63.9 Å². The summed E-state index contributed by atoms with van der Waals surface area (Å²) in [5.41, 5.74) is 2.78. The molecule has 0 aliphatic heterocycles. The summed E-state index contributed by atoms with van der Waals surface area (Å²) in [4.78, 5) is 2.03. The molecular weight excluding hydrogens is 321 g/mol. The molecule has 0 saturated carbocycles. The summed E-state index contributed by atoms with van der Waals surface area (Å²) in [6.07, 6.45) is -0.492. The Bertz CT molecular complexity index is 601. The molecule has 0 radical (unpaired) electrons. The van der Waals surface area contributed by atoms with E-state index in [2.05, 4.69) is 15.9 Å². The van der Waals surface area contributed by atoms with E-state index < -0.39 is 6.10 Å². The molecule has 4 heteroatoms. The standard InChI is InChI=1S/C16H17BrFNO/c1-11(20)13-6-7-16(15(17)9-13)19(2)10-12-4-3-5-14(18)8-12/h3-9,11,20H,10H2,1-2H3/t11-/m0/s1. The van der Waals surface area contributed by atoms with Gasteiger partial charge >= 0.3 is 0 Å². The van der Waals surface area contributed by atoms with Crippen LogP contribution in [-0.2, 0) is 6.54 Å². The zero-order valence-electron chi connectivity index (χ0n) is 11.5. The maximum atomic E-state index is 13.2. The first-order chi connectivity index (χ1) is 9.47.